The van der Waals surface area contributed by atoms with Crippen LogP contribution in [-0.2, 0) is 0 Å². The molecule has 1 heterocycles. The fraction of sp³-hybridized carbons (Fsp3) is 0.588. The normalized spacial score (nSPS) is 17.3. The first-order chi connectivity index (χ1) is 10.2. The largest absolute Gasteiger partial charge is 0.489 e. The van der Waals surface area contributed by atoms with E-state index in [1.165, 1.54) is 0 Å². The fourth-order valence-electron chi connectivity index (χ4n) is 2.47. The summed E-state index contributed by atoms with van der Waals surface area (Å²) in [5.74, 6) is 0.457. The van der Waals surface area contributed by atoms with E-state index >= 15 is 0 Å². The van der Waals surface area contributed by atoms with Gasteiger partial charge in [-0.15, -0.1) is 0 Å². The molecule has 0 saturated carbocycles. The van der Waals surface area contributed by atoms with Crippen molar-refractivity contribution in [2.24, 2.45) is 0 Å². The van der Waals surface area contributed by atoms with Crippen molar-refractivity contribution in [1.82, 2.24) is 10.2 Å². The average molecular weight is 325 g/mol. The summed E-state index contributed by atoms with van der Waals surface area (Å²) in [5, 5.41) is 3.50. The van der Waals surface area contributed by atoms with E-state index in [1.54, 1.807) is 18.2 Å². The van der Waals surface area contributed by atoms with Gasteiger partial charge in [0, 0.05) is 23.7 Å². The topological polar surface area (TPSA) is 41.6 Å². The Morgan fingerprint density at radius 3 is 2.55 bits per heavy atom. The molecule has 1 saturated heterocycles. The molecule has 1 aromatic rings. The van der Waals surface area contributed by atoms with Crippen molar-refractivity contribution in [3.05, 3.63) is 28.8 Å². The third-order valence-electron chi connectivity index (χ3n) is 3.63. The number of likely N-dealkylation sites (tertiary alicyclic amines) is 1. The molecule has 0 unspecified atom stereocenters. The molecular weight excluding hydrogens is 300 g/mol. The second-order valence-corrected chi connectivity index (χ2v) is 7.40. The Bertz CT molecular complexity index is 532. The van der Waals surface area contributed by atoms with Crippen molar-refractivity contribution in [3.8, 4) is 5.75 Å². The van der Waals surface area contributed by atoms with Crippen LogP contribution in [0.2, 0.25) is 5.02 Å². The van der Waals surface area contributed by atoms with Crippen LogP contribution in [0, 0.1) is 0 Å². The quantitative estimate of drug-likeness (QED) is 0.927. The van der Waals surface area contributed by atoms with E-state index in [4.69, 9.17) is 16.3 Å². The maximum absolute atomic E-state index is 12.5. The molecule has 1 aliphatic rings. The van der Waals surface area contributed by atoms with Crippen LogP contribution in [0.5, 0.6) is 5.75 Å². The average Bonchev–Trinajstić information content (AvgIpc) is 2.41. The minimum Gasteiger partial charge on any atom is -0.489 e. The number of halogens is 1. The first-order valence-corrected chi connectivity index (χ1v) is 8.10. The molecule has 1 aromatic carbocycles. The lowest BCUT2D eigenvalue weighted by atomic mass is 10.1. The van der Waals surface area contributed by atoms with E-state index in [-0.39, 0.29) is 17.6 Å². The van der Waals surface area contributed by atoms with Gasteiger partial charge in [0.05, 0.1) is 5.56 Å². The number of nitrogens with one attached hydrogen (secondary N) is 1. The molecule has 0 aliphatic carbocycles. The summed E-state index contributed by atoms with van der Waals surface area (Å²) in [5.41, 5.74) is 0.200. The summed E-state index contributed by atoms with van der Waals surface area (Å²) in [6, 6.07) is 5.23. The predicted molar refractivity (Wildman–Crippen MR) is 89.8 cm³/mol. The van der Waals surface area contributed by atoms with Crippen molar-refractivity contribution in [2.45, 2.75) is 45.3 Å². The molecule has 0 aromatic heterocycles. The first kappa shape index (κ1) is 17.1. The van der Waals surface area contributed by atoms with Gasteiger partial charge in [-0.1, -0.05) is 11.6 Å². The van der Waals surface area contributed by atoms with Gasteiger partial charge in [0.2, 0.25) is 0 Å². The molecule has 0 spiro atoms. The zero-order chi connectivity index (χ0) is 16.3. The van der Waals surface area contributed by atoms with Gasteiger partial charge in [0.1, 0.15) is 11.9 Å². The Kier molecular flexibility index (Phi) is 5.35. The highest BCUT2D eigenvalue weighted by Gasteiger charge is 2.23. The van der Waals surface area contributed by atoms with Crippen LogP contribution in [-0.4, -0.2) is 42.6 Å². The number of nitrogens with zero attached hydrogens (tertiary/aromatic N) is 1. The minimum absolute atomic E-state index is 0.151. The number of benzene rings is 1. The number of carbonyl (C=O) groups is 1. The molecule has 0 atom stereocenters. The lowest BCUT2D eigenvalue weighted by molar-refractivity contribution is 0.0896. The molecular formula is C17H25ClN2O2. The summed E-state index contributed by atoms with van der Waals surface area (Å²) < 4.78 is 6.08. The highest BCUT2D eigenvalue weighted by atomic mass is 35.5. The first-order valence-electron chi connectivity index (χ1n) is 7.72. The molecule has 1 amide bonds. The van der Waals surface area contributed by atoms with Crippen molar-refractivity contribution >= 4 is 17.5 Å². The van der Waals surface area contributed by atoms with Crippen LogP contribution in [0.25, 0.3) is 0 Å². The van der Waals surface area contributed by atoms with Crippen molar-refractivity contribution in [2.75, 3.05) is 20.1 Å². The Labute approximate surface area is 137 Å². The summed E-state index contributed by atoms with van der Waals surface area (Å²) in [6.45, 7) is 7.89. The smallest absolute Gasteiger partial charge is 0.255 e. The lowest BCUT2D eigenvalue weighted by Crippen LogP contribution is -2.41. The maximum atomic E-state index is 12.5. The molecule has 1 fully saturated rings. The lowest BCUT2D eigenvalue weighted by Gasteiger charge is -2.30. The molecule has 0 radical (unpaired) electrons. The van der Waals surface area contributed by atoms with Crippen LogP contribution in [0.15, 0.2) is 18.2 Å². The zero-order valence-electron chi connectivity index (χ0n) is 13.8. The van der Waals surface area contributed by atoms with E-state index in [0.717, 1.165) is 25.9 Å². The van der Waals surface area contributed by atoms with Gasteiger partial charge in [-0.05, 0) is 58.9 Å². The fourth-order valence-corrected chi connectivity index (χ4v) is 2.64. The van der Waals surface area contributed by atoms with Gasteiger partial charge in [0.15, 0.2) is 0 Å². The summed E-state index contributed by atoms with van der Waals surface area (Å²) in [7, 11) is 2.11. The van der Waals surface area contributed by atoms with Gasteiger partial charge in [-0.3, -0.25) is 4.79 Å². The van der Waals surface area contributed by atoms with Crippen molar-refractivity contribution < 1.29 is 9.53 Å². The van der Waals surface area contributed by atoms with Crippen LogP contribution in [0.4, 0.5) is 0 Å². The number of amides is 1. The van der Waals surface area contributed by atoms with E-state index in [0.29, 0.717) is 16.3 Å². The molecule has 4 nitrogen and oxygen atoms in total. The number of rotatable bonds is 3. The molecule has 122 valence electrons. The summed E-state index contributed by atoms with van der Waals surface area (Å²) >= 11 is 6.05. The third-order valence-corrected chi connectivity index (χ3v) is 3.87. The van der Waals surface area contributed by atoms with Crippen molar-refractivity contribution in [3.63, 3.8) is 0 Å². The monoisotopic (exact) mass is 324 g/mol. The Hall–Kier alpha value is -1.26. The Morgan fingerprint density at radius 2 is 1.95 bits per heavy atom. The van der Waals surface area contributed by atoms with Crippen LogP contribution >= 0.6 is 11.6 Å². The molecule has 22 heavy (non-hydrogen) atoms. The van der Waals surface area contributed by atoms with E-state index in [2.05, 4.69) is 17.3 Å². The number of piperidine rings is 1. The second kappa shape index (κ2) is 6.88. The Morgan fingerprint density at radius 1 is 1.32 bits per heavy atom. The SMILES string of the molecule is CN1CCC(Oc2ccc(Cl)cc2C(=O)NC(C)(C)C)CC1. The van der Waals surface area contributed by atoms with Gasteiger partial charge in [-0.25, -0.2) is 0 Å². The Balaban J connectivity index is 2.15. The second-order valence-electron chi connectivity index (χ2n) is 6.97. The van der Waals surface area contributed by atoms with Crippen LogP contribution in [0.1, 0.15) is 44.0 Å². The summed E-state index contributed by atoms with van der Waals surface area (Å²) in [6.07, 6.45) is 2.09. The molecule has 1 aliphatic heterocycles. The molecule has 1 N–H and O–H groups in total. The highest BCUT2D eigenvalue weighted by molar-refractivity contribution is 6.31. The van der Waals surface area contributed by atoms with Gasteiger partial charge in [0.25, 0.3) is 5.91 Å². The van der Waals surface area contributed by atoms with Gasteiger partial charge < -0.3 is 15.0 Å². The maximum Gasteiger partial charge on any atom is 0.255 e. The van der Waals surface area contributed by atoms with E-state index in [9.17, 15) is 4.79 Å². The molecule has 0 bridgehead atoms. The third kappa shape index (κ3) is 4.89. The standard InChI is InChI=1S/C17H25ClN2O2/c1-17(2,3)19-16(21)14-11-12(18)5-6-15(14)22-13-7-9-20(4)10-8-13/h5-6,11,13H,7-10H2,1-4H3,(H,19,21). The van der Waals surface area contributed by atoms with Gasteiger partial charge in [-0.2, -0.15) is 0 Å². The molecule has 5 heteroatoms. The minimum atomic E-state index is -0.301. The summed E-state index contributed by atoms with van der Waals surface area (Å²) in [4.78, 5) is 14.8. The van der Waals surface area contributed by atoms with Crippen LogP contribution in [0.3, 0.4) is 0 Å². The van der Waals surface area contributed by atoms with Gasteiger partial charge >= 0.3 is 0 Å². The number of carbonyl (C=O) groups excluding carboxylic acids is 1. The van der Waals surface area contributed by atoms with E-state index in [1.807, 2.05) is 20.8 Å². The predicted octanol–water partition coefficient (Wildman–Crippen LogP) is 3.34. The number of hydrogen-bond acceptors (Lipinski definition) is 3. The number of ether oxygens (including phenoxy) is 1. The van der Waals surface area contributed by atoms with Crippen LogP contribution < -0.4 is 10.1 Å². The van der Waals surface area contributed by atoms with E-state index < -0.39 is 0 Å². The molecule has 2 rings (SSSR count). The zero-order valence-corrected chi connectivity index (χ0v) is 14.5. The highest BCUT2D eigenvalue weighted by Crippen LogP contribution is 2.26. The van der Waals surface area contributed by atoms with Crippen molar-refractivity contribution in [1.29, 1.82) is 0 Å². The number of hydrogen-bond donors (Lipinski definition) is 1.